The molecular formula is C12H18O2S4. The van der Waals surface area contributed by atoms with Gasteiger partial charge in [0.25, 0.3) is 0 Å². The standard InChI is InChI=1S/C12H18O2S4/c1-3-9-17(13)11-5-7-15-16-8-6-12-18(14)10-4-2/h3-8H,1-2,9-12H2. The molecular weight excluding hydrogens is 304 g/mol. The lowest BCUT2D eigenvalue weighted by Gasteiger charge is -1.92. The molecule has 0 aliphatic carbocycles. The van der Waals surface area contributed by atoms with Gasteiger partial charge in [-0.3, -0.25) is 8.42 Å². The van der Waals surface area contributed by atoms with Crippen molar-refractivity contribution in [3.8, 4) is 0 Å². The lowest BCUT2D eigenvalue weighted by atomic mass is 10.7. The zero-order chi connectivity index (χ0) is 13.6. The summed E-state index contributed by atoms with van der Waals surface area (Å²) >= 11 is 0. The average Bonchev–Trinajstić information content (AvgIpc) is 2.33. The Balaban J connectivity index is 3.54. The summed E-state index contributed by atoms with van der Waals surface area (Å²) in [6.07, 6.45) is 7.11. The Morgan fingerprint density at radius 2 is 1.17 bits per heavy atom. The van der Waals surface area contributed by atoms with Crippen molar-refractivity contribution >= 4 is 43.2 Å². The first-order valence-electron chi connectivity index (χ1n) is 5.24. The van der Waals surface area contributed by atoms with Crippen molar-refractivity contribution in [3.05, 3.63) is 48.3 Å². The topological polar surface area (TPSA) is 34.1 Å². The molecule has 0 fully saturated rings. The molecule has 0 radical (unpaired) electrons. The smallest absolute Gasteiger partial charge is 0.0426 e. The molecule has 102 valence electrons. The van der Waals surface area contributed by atoms with Crippen LogP contribution in [-0.2, 0) is 21.6 Å². The molecule has 0 saturated heterocycles. The third-order valence-corrected chi connectivity index (χ3v) is 5.59. The van der Waals surface area contributed by atoms with Crippen molar-refractivity contribution < 1.29 is 8.42 Å². The Morgan fingerprint density at radius 3 is 1.50 bits per heavy atom. The van der Waals surface area contributed by atoms with Crippen LogP contribution < -0.4 is 0 Å². The Hall–Kier alpha value is -0.0400. The fourth-order valence-electron chi connectivity index (χ4n) is 0.835. The van der Waals surface area contributed by atoms with Gasteiger partial charge in [-0.15, -0.1) is 13.2 Å². The van der Waals surface area contributed by atoms with Crippen molar-refractivity contribution in [1.29, 1.82) is 0 Å². The van der Waals surface area contributed by atoms with E-state index in [9.17, 15) is 8.42 Å². The van der Waals surface area contributed by atoms with Crippen LogP contribution in [0.5, 0.6) is 0 Å². The van der Waals surface area contributed by atoms with Crippen LogP contribution in [0.15, 0.2) is 48.3 Å². The molecule has 0 amide bonds. The third kappa shape index (κ3) is 12.4. The molecule has 0 bridgehead atoms. The summed E-state index contributed by atoms with van der Waals surface area (Å²) in [5, 5.41) is 3.83. The highest BCUT2D eigenvalue weighted by Gasteiger charge is 1.92. The molecule has 0 aromatic rings. The SMILES string of the molecule is C=CCS(=O)CC=CSSC=CCS(=O)CC=C. The Labute approximate surface area is 122 Å². The van der Waals surface area contributed by atoms with Crippen molar-refractivity contribution in [2.75, 3.05) is 23.0 Å². The molecule has 0 aliphatic heterocycles. The summed E-state index contributed by atoms with van der Waals surface area (Å²) in [5.41, 5.74) is 0. The quantitative estimate of drug-likeness (QED) is 0.332. The maximum absolute atomic E-state index is 11.2. The van der Waals surface area contributed by atoms with Crippen LogP contribution in [0.3, 0.4) is 0 Å². The normalized spacial score (nSPS) is 14.9. The van der Waals surface area contributed by atoms with E-state index in [1.807, 2.05) is 23.0 Å². The monoisotopic (exact) mass is 322 g/mol. The van der Waals surface area contributed by atoms with Gasteiger partial charge in [-0.25, -0.2) is 0 Å². The Morgan fingerprint density at radius 1 is 0.778 bits per heavy atom. The Kier molecular flexibility index (Phi) is 13.4. The predicted octanol–water partition coefficient (Wildman–Crippen LogP) is 3.26. The molecule has 2 atom stereocenters. The fraction of sp³-hybridized carbons (Fsp3) is 0.333. The van der Waals surface area contributed by atoms with Crippen molar-refractivity contribution in [2.24, 2.45) is 0 Å². The van der Waals surface area contributed by atoms with Crippen molar-refractivity contribution in [3.63, 3.8) is 0 Å². The molecule has 0 N–H and O–H groups in total. The summed E-state index contributed by atoms with van der Waals surface area (Å²) < 4.78 is 22.5. The van der Waals surface area contributed by atoms with Gasteiger partial charge in [0.05, 0.1) is 0 Å². The van der Waals surface area contributed by atoms with Gasteiger partial charge in [-0.2, -0.15) is 0 Å². The van der Waals surface area contributed by atoms with E-state index in [1.165, 1.54) is 0 Å². The molecule has 18 heavy (non-hydrogen) atoms. The Bertz CT molecular complexity index is 314. The average molecular weight is 323 g/mol. The first-order valence-corrected chi connectivity index (χ1v) is 10.5. The van der Waals surface area contributed by atoms with E-state index in [-0.39, 0.29) is 0 Å². The minimum absolute atomic E-state index is 0.539. The number of hydrogen-bond acceptors (Lipinski definition) is 4. The van der Waals surface area contributed by atoms with Gasteiger partial charge in [0.2, 0.25) is 0 Å². The highest BCUT2D eigenvalue weighted by molar-refractivity contribution is 8.78. The van der Waals surface area contributed by atoms with Crippen LogP contribution in [0.2, 0.25) is 0 Å². The molecule has 0 spiro atoms. The number of rotatable bonds is 11. The summed E-state index contributed by atoms with van der Waals surface area (Å²) in [4.78, 5) is 0. The maximum atomic E-state index is 11.2. The second-order valence-corrected chi connectivity index (χ2v) is 8.24. The van der Waals surface area contributed by atoms with E-state index in [0.717, 1.165) is 0 Å². The highest BCUT2D eigenvalue weighted by Crippen LogP contribution is 2.23. The molecule has 0 aromatic heterocycles. The van der Waals surface area contributed by atoms with E-state index in [0.29, 0.717) is 23.0 Å². The lowest BCUT2D eigenvalue weighted by molar-refractivity contribution is 0.686. The lowest BCUT2D eigenvalue weighted by Crippen LogP contribution is -1.96. The predicted molar refractivity (Wildman–Crippen MR) is 89.6 cm³/mol. The summed E-state index contributed by atoms with van der Waals surface area (Å²) in [6, 6.07) is 0. The van der Waals surface area contributed by atoms with Crippen molar-refractivity contribution in [1.82, 2.24) is 0 Å². The molecule has 6 heteroatoms. The molecule has 0 aliphatic rings. The second-order valence-electron chi connectivity index (χ2n) is 3.06. The van der Waals surface area contributed by atoms with Crippen LogP contribution >= 0.6 is 21.6 Å². The molecule has 2 nitrogen and oxygen atoms in total. The van der Waals surface area contributed by atoms with Crippen LogP contribution in [0.25, 0.3) is 0 Å². The molecule has 0 aromatic carbocycles. The van der Waals surface area contributed by atoms with Gasteiger partial charge >= 0.3 is 0 Å². The van der Waals surface area contributed by atoms with Crippen LogP contribution in [-0.4, -0.2) is 31.4 Å². The van der Waals surface area contributed by atoms with E-state index in [4.69, 9.17) is 0 Å². The van der Waals surface area contributed by atoms with Crippen molar-refractivity contribution in [2.45, 2.75) is 0 Å². The van der Waals surface area contributed by atoms with Gasteiger partial charge in [-0.05, 0) is 10.8 Å². The molecule has 0 heterocycles. The van der Waals surface area contributed by atoms with Crippen LogP contribution in [0.4, 0.5) is 0 Å². The van der Waals surface area contributed by atoms with Gasteiger partial charge in [0.1, 0.15) is 0 Å². The zero-order valence-corrected chi connectivity index (χ0v) is 13.4. The minimum Gasteiger partial charge on any atom is -0.259 e. The van der Waals surface area contributed by atoms with E-state index in [1.54, 1.807) is 33.7 Å². The van der Waals surface area contributed by atoms with Gasteiger partial charge in [0, 0.05) is 44.6 Å². The molecule has 2 unspecified atom stereocenters. The molecule has 0 saturated carbocycles. The minimum atomic E-state index is -0.833. The van der Waals surface area contributed by atoms with Crippen LogP contribution in [0.1, 0.15) is 0 Å². The van der Waals surface area contributed by atoms with E-state index in [2.05, 4.69) is 13.2 Å². The van der Waals surface area contributed by atoms with Gasteiger partial charge in [-0.1, -0.05) is 45.9 Å². The maximum Gasteiger partial charge on any atom is 0.0426 e. The molecule has 0 rings (SSSR count). The second kappa shape index (κ2) is 13.4. The summed E-state index contributed by atoms with van der Waals surface area (Å²) in [6.45, 7) is 7.08. The van der Waals surface area contributed by atoms with E-state index >= 15 is 0 Å². The fourth-order valence-corrected chi connectivity index (χ4v) is 3.83. The third-order valence-electron chi connectivity index (χ3n) is 1.53. The summed E-state index contributed by atoms with van der Waals surface area (Å²) in [5.74, 6) is 2.20. The van der Waals surface area contributed by atoms with Crippen LogP contribution in [0, 0.1) is 0 Å². The van der Waals surface area contributed by atoms with E-state index < -0.39 is 21.6 Å². The highest BCUT2D eigenvalue weighted by atomic mass is 33.1. The number of hydrogen-bond donors (Lipinski definition) is 0. The van der Waals surface area contributed by atoms with Gasteiger partial charge < -0.3 is 0 Å². The van der Waals surface area contributed by atoms with Gasteiger partial charge in [0.15, 0.2) is 0 Å². The first-order chi connectivity index (χ1) is 8.70. The largest absolute Gasteiger partial charge is 0.259 e. The summed E-state index contributed by atoms with van der Waals surface area (Å²) in [7, 11) is 1.43. The zero-order valence-electron chi connectivity index (χ0n) is 10.2. The first kappa shape index (κ1) is 18.0.